The average molecular weight is 376 g/mol. The van der Waals surface area contributed by atoms with Gasteiger partial charge in [-0.15, -0.1) is 0 Å². The Balaban J connectivity index is 2.23. The van der Waals surface area contributed by atoms with E-state index in [2.05, 4.69) is 21.2 Å². The van der Waals surface area contributed by atoms with Crippen molar-refractivity contribution in [2.75, 3.05) is 5.32 Å². The summed E-state index contributed by atoms with van der Waals surface area (Å²) >= 11 is 15.2. The van der Waals surface area contributed by atoms with Crippen LogP contribution in [0.3, 0.4) is 0 Å². The molecular formula is C14H13BrCl2N2O. The fourth-order valence-corrected chi connectivity index (χ4v) is 2.87. The molecule has 0 fully saturated rings. The number of hydrogen-bond acceptors (Lipinski definition) is 1. The number of halogens is 3. The molecule has 106 valence electrons. The highest BCUT2D eigenvalue weighted by molar-refractivity contribution is 9.10. The Morgan fingerprint density at radius 1 is 1.30 bits per heavy atom. The highest BCUT2D eigenvalue weighted by Crippen LogP contribution is 2.26. The van der Waals surface area contributed by atoms with Gasteiger partial charge >= 0.3 is 0 Å². The lowest BCUT2D eigenvalue weighted by Gasteiger charge is -2.10. The van der Waals surface area contributed by atoms with E-state index < -0.39 is 0 Å². The fraction of sp³-hybridized carbons (Fsp3) is 0.214. The second kappa shape index (κ2) is 6.66. The SMILES string of the molecule is CCCn1cc(Cl)cc1C(=O)Nc1ccc(Cl)cc1Br. The smallest absolute Gasteiger partial charge is 0.272 e. The molecule has 2 rings (SSSR count). The van der Waals surface area contributed by atoms with Crippen molar-refractivity contribution in [3.05, 3.63) is 50.7 Å². The molecule has 0 spiro atoms. The molecule has 0 bridgehead atoms. The number of carbonyl (C=O) groups is 1. The number of aryl methyl sites for hydroxylation is 1. The van der Waals surface area contributed by atoms with Crippen LogP contribution in [0.5, 0.6) is 0 Å². The van der Waals surface area contributed by atoms with E-state index >= 15 is 0 Å². The molecule has 1 amide bonds. The Bertz CT molecular complexity index is 640. The molecule has 1 aromatic heterocycles. The van der Waals surface area contributed by atoms with Crippen LogP contribution in [0.2, 0.25) is 10.0 Å². The molecule has 6 heteroatoms. The third-order valence-corrected chi connectivity index (χ3v) is 3.84. The van der Waals surface area contributed by atoms with Crippen molar-refractivity contribution >= 4 is 50.7 Å². The second-order valence-electron chi connectivity index (χ2n) is 4.32. The van der Waals surface area contributed by atoms with Gasteiger partial charge in [-0.2, -0.15) is 0 Å². The predicted molar refractivity (Wildman–Crippen MR) is 86.8 cm³/mol. The standard InChI is InChI=1S/C14H13BrCl2N2O/c1-2-5-19-8-10(17)7-13(19)14(20)18-12-4-3-9(16)6-11(12)15/h3-4,6-8H,2,5H2,1H3,(H,18,20). The summed E-state index contributed by atoms with van der Waals surface area (Å²) in [4.78, 5) is 12.3. The Morgan fingerprint density at radius 2 is 2.05 bits per heavy atom. The van der Waals surface area contributed by atoms with Gasteiger partial charge in [0, 0.05) is 22.2 Å². The van der Waals surface area contributed by atoms with Gasteiger partial charge in [-0.25, -0.2) is 0 Å². The van der Waals surface area contributed by atoms with Gasteiger partial charge in [0.15, 0.2) is 0 Å². The van der Waals surface area contributed by atoms with Crippen LogP contribution in [0.4, 0.5) is 5.69 Å². The van der Waals surface area contributed by atoms with Crippen molar-refractivity contribution in [3.63, 3.8) is 0 Å². The number of nitrogens with one attached hydrogen (secondary N) is 1. The maximum Gasteiger partial charge on any atom is 0.272 e. The van der Waals surface area contributed by atoms with Gasteiger partial charge in [0.2, 0.25) is 0 Å². The molecule has 0 radical (unpaired) electrons. The fourth-order valence-electron chi connectivity index (χ4n) is 1.87. The van der Waals surface area contributed by atoms with Crippen molar-refractivity contribution < 1.29 is 4.79 Å². The van der Waals surface area contributed by atoms with Crippen molar-refractivity contribution in [2.24, 2.45) is 0 Å². The molecule has 0 aliphatic heterocycles. The molecule has 0 aliphatic rings. The van der Waals surface area contributed by atoms with Crippen LogP contribution in [-0.4, -0.2) is 10.5 Å². The Kier molecular flexibility index (Phi) is 5.13. The van der Waals surface area contributed by atoms with Gasteiger partial charge in [0.1, 0.15) is 5.69 Å². The van der Waals surface area contributed by atoms with Crippen LogP contribution in [0.25, 0.3) is 0 Å². The molecule has 3 nitrogen and oxygen atoms in total. The van der Waals surface area contributed by atoms with Crippen molar-refractivity contribution in [2.45, 2.75) is 19.9 Å². The molecule has 1 aromatic carbocycles. The maximum absolute atomic E-state index is 12.3. The van der Waals surface area contributed by atoms with E-state index in [0.717, 1.165) is 17.4 Å². The molecule has 0 unspecified atom stereocenters. The van der Waals surface area contributed by atoms with E-state index in [1.807, 2.05) is 11.5 Å². The number of nitrogens with zero attached hydrogens (tertiary/aromatic N) is 1. The first-order valence-electron chi connectivity index (χ1n) is 6.13. The minimum atomic E-state index is -0.201. The molecule has 0 aliphatic carbocycles. The van der Waals surface area contributed by atoms with Crippen LogP contribution >= 0.6 is 39.1 Å². The minimum Gasteiger partial charge on any atom is -0.342 e. The van der Waals surface area contributed by atoms with Gasteiger partial charge in [-0.1, -0.05) is 30.1 Å². The van der Waals surface area contributed by atoms with Gasteiger partial charge in [-0.05, 0) is 46.6 Å². The Morgan fingerprint density at radius 3 is 2.70 bits per heavy atom. The number of aromatic nitrogens is 1. The van der Waals surface area contributed by atoms with Gasteiger partial charge in [0.25, 0.3) is 5.91 Å². The summed E-state index contributed by atoms with van der Waals surface area (Å²) in [6.07, 6.45) is 2.69. The highest BCUT2D eigenvalue weighted by Gasteiger charge is 2.14. The topological polar surface area (TPSA) is 34.0 Å². The zero-order chi connectivity index (χ0) is 14.7. The number of anilines is 1. The summed E-state index contributed by atoms with van der Waals surface area (Å²) < 4.78 is 2.58. The van der Waals surface area contributed by atoms with E-state index in [4.69, 9.17) is 23.2 Å². The molecule has 1 heterocycles. The van der Waals surface area contributed by atoms with Crippen LogP contribution in [0.1, 0.15) is 23.8 Å². The zero-order valence-corrected chi connectivity index (χ0v) is 13.9. The second-order valence-corrected chi connectivity index (χ2v) is 6.04. The monoisotopic (exact) mass is 374 g/mol. The quantitative estimate of drug-likeness (QED) is 0.780. The van der Waals surface area contributed by atoms with Gasteiger partial charge in [0.05, 0.1) is 10.7 Å². The van der Waals surface area contributed by atoms with Crippen molar-refractivity contribution in [3.8, 4) is 0 Å². The summed E-state index contributed by atoms with van der Waals surface area (Å²) in [6.45, 7) is 2.79. The van der Waals surface area contributed by atoms with Crippen molar-refractivity contribution in [1.29, 1.82) is 0 Å². The normalized spacial score (nSPS) is 10.6. The third-order valence-electron chi connectivity index (χ3n) is 2.74. The number of carbonyl (C=O) groups excluding carboxylic acids is 1. The van der Waals surface area contributed by atoms with Crippen LogP contribution in [0, 0.1) is 0 Å². The third kappa shape index (κ3) is 3.57. The van der Waals surface area contributed by atoms with E-state index in [1.54, 1.807) is 30.5 Å². The Labute approximate surface area is 136 Å². The molecule has 0 saturated heterocycles. The number of rotatable bonds is 4. The lowest BCUT2D eigenvalue weighted by Crippen LogP contribution is -2.17. The highest BCUT2D eigenvalue weighted by atomic mass is 79.9. The van der Waals surface area contributed by atoms with E-state index in [0.29, 0.717) is 21.4 Å². The van der Waals surface area contributed by atoms with E-state index in [1.165, 1.54) is 0 Å². The number of benzene rings is 1. The molecule has 0 saturated carbocycles. The molecule has 1 N–H and O–H groups in total. The summed E-state index contributed by atoms with van der Waals surface area (Å²) in [6, 6.07) is 6.87. The largest absolute Gasteiger partial charge is 0.342 e. The first-order chi connectivity index (χ1) is 9.51. The molecule has 0 atom stereocenters. The number of hydrogen-bond donors (Lipinski definition) is 1. The molecule has 2 aromatic rings. The minimum absolute atomic E-state index is 0.201. The van der Waals surface area contributed by atoms with Crippen LogP contribution < -0.4 is 5.32 Å². The maximum atomic E-state index is 12.3. The van der Waals surface area contributed by atoms with E-state index in [9.17, 15) is 4.79 Å². The first kappa shape index (κ1) is 15.4. The molecular weight excluding hydrogens is 363 g/mol. The lowest BCUT2D eigenvalue weighted by atomic mass is 10.3. The number of amides is 1. The van der Waals surface area contributed by atoms with Crippen molar-refractivity contribution in [1.82, 2.24) is 4.57 Å². The van der Waals surface area contributed by atoms with Gasteiger partial charge < -0.3 is 9.88 Å². The zero-order valence-electron chi connectivity index (χ0n) is 10.8. The van der Waals surface area contributed by atoms with Crippen LogP contribution in [-0.2, 0) is 6.54 Å². The summed E-state index contributed by atoms with van der Waals surface area (Å²) in [5, 5.41) is 4.00. The van der Waals surface area contributed by atoms with Crippen LogP contribution in [0.15, 0.2) is 34.9 Å². The van der Waals surface area contributed by atoms with Gasteiger partial charge in [-0.3, -0.25) is 4.79 Å². The summed E-state index contributed by atoms with van der Waals surface area (Å²) in [7, 11) is 0. The lowest BCUT2D eigenvalue weighted by molar-refractivity contribution is 0.101. The average Bonchev–Trinajstić information content (AvgIpc) is 2.74. The Hall–Kier alpha value is -0.970. The summed E-state index contributed by atoms with van der Waals surface area (Å²) in [5.74, 6) is -0.201. The predicted octanol–water partition coefficient (Wildman–Crippen LogP) is 5.22. The summed E-state index contributed by atoms with van der Waals surface area (Å²) in [5.41, 5.74) is 1.21. The van der Waals surface area contributed by atoms with E-state index in [-0.39, 0.29) is 5.91 Å². The first-order valence-corrected chi connectivity index (χ1v) is 7.68. The molecule has 20 heavy (non-hydrogen) atoms.